The van der Waals surface area contributed by atoms with Crippen LogP contribution >= 0.6 is 7.82 Å². The molecule has 0 heterocycles. The molecule has 0 rings (SSSR count). The molecule has 50 valence electrons. The van der Waals surface area contributed by atoms with Gasteiger partial charge in [-0.25, -0.2) is 4.57 Å². The van der Waals surface area contributed by atoms with Gasteiger partial charge in [-0.3, -0.25) is 0 Å². The van der Waals surface area contributed by atoms with Gasteiger partial charge >= 0.3 is 31.7 Å². The Morgan fingerprint density at radius 1 is 1.00 bits per heavy atom. The summed E-state index contributed by atoms with van der Waals surface area (Å²) < 4.78 is 8.88. The van der Waals surface area contributed by atoms with Crippen molar-refractivity contribution in [2.24, 2.45) is 0 Å². The topological polar surface area (TPSA) is 77.8 Å². The summed E-state index contributed by atoms with van der Waals surface area (Å²) in [7, 11) is -4.64. The van der Waals surface area contributed by atoms with Gasteiger partial charge in [-0.2, -0.15) is 0 Å². The van der Waals surface area contributed by atoms with Crippen LogP contribution in [0.4, 0.5) is 0 Å². The van der Waals surface area contributed by atoms with Crippen LogP contribution in [0.1, 0.15) is 0 Å². The standard InChI is InChI=1S/2FH.H3O4P.Sn/c;;1-5(2,3)4;/h2*1H;(H3,1,2,3,4);/q;;;+2/p-2. The molecule has 0 saturated heterocycles. The van der Waals surface area contributed by atoms with Crippen molar-refractivity contribution >= 4 is 31.7 Å². The van der Waals surface area contributed by atoms with Crippen molar-refractivity contribution in [3.05, 3.63) is 0 Å². The molecular formula is H3F2O4PSn. The van der Waals surface area contributed by atoms with Crippen molar-refractivity contribution in [2.75, 3.05) is 0 Å². The Kier molecular flexibility index (Phi) is 22.6. The molecule has 3 N–H and O–H groups in total. The molecule has 8 heteroatoms. The van der Waals surface area contributed by atoms with Gasteiger partial charge in [0.25, 0.3) is 0 Å². The molecule has 4 nitrogen and oxygen atoms in total. The van der Waals surface area contributed by atoms with Gasteiger partial charge in [-0.15, -0.1) is 0 Å². The van der Waals surface area contributed by atoms with Crippen LogP contribution in [-0.2, 0) is 4.57 Å². The minimum Gasteiger partial charge on any atom is -1.00 e. The first-order valence-corrected chi connectivity index (χ1v) is 2.35. The van der Waals surface area contributed by atoms with Crippen LogP contribution in [0.2, 0.25) is 0 Å². The Labute approximate surface area is 60.8 Å². The van der Waals surface area contributed by atoms with Gasteiger partial charge in [-0.05, 0) is 0 Å². The van der Waals surface area contributed by atoms with Crippen molar-refractivity contribution in [3.8, 4) is 0 Å². The monoisotopic (exact) mass is 256 g/mol. The van der Waals surface area contributed by atoms with Crippen LogP contribution < -0.4 is 9.41 Å². The minimum absolute atomic E-state index is 0. The Balaban J connectivity index is -0.0000000267. The average Bonchev–Trinajstić information content (AvgIpc) is 0.722. The third kappa shape index (κ3) is 381. The van der Waals surface area contributed by atoms with Crippen LogP contribution in [0, 0.1) is 0 Å². The number of halogens is 2. The van der Waals surface area contributed by atoms with Gasteiger partial charge in [0.2, 0.25) is 0 Å². The Morgan fingerprint density at radius 2 is 1.00 bits per heavy atom. The predicted molar refractivity (Wildman–Crippen MR) is 20.0 cm³/mol. The molecule has 0 aliphatic carbocycles. The molecule has 0 spiro atoms. The summed E-state index contributed by atoms with van der Waals surface area (Å²) in [6, 6.07) is 0. The maximum absolute atomic E-state index is 8.88. The van der Waals surface area contributed by atoms with Gasteiger partial charge in [0.05, 0.1) is 0 Å². The van der Waals surface area contributed by atoms with Crippen molar-refractivity contribution < 1.29 is 28.7 Å². The summed E-state index contributed by atoms with van der Waals surface area (Å²) in [6.45, 7) is 0. The predicted octanol–water partition coefficient (Wildman–Crippen LogP) is -7.30. The van der Waals surface area contributed by atoms with Gasteiger partial charge in [0.15, 0.2) is 0 Å². The molecule has 0 aliphatic heterocycles. The van der Waals surface area contributed by atoms with Crippen molar-refractivity contribution in [3.63, 3.8) is 0 Å². The van der Waals surface area contributed by atoms with Gasteiger partial charge < -0.3 is 24.1 Å². The van der Waals surface area contributed by atoms with E-state index < -0.39 is 7.82 Å². The largest absolute Gasteiger partial charge is 2.00 e. The number of hydrogen-bond acceptors (Lipinski definition) is 1. The van der Waals surface area contributed by atoms with Crippen molar-refractivity contribution in [2.45, 2.75) is 0 Å². The summed E-state index contributed by atoms with van der Waals surface area (Å²) in [5.74, 6) is 0. The van der Waals surface area contributed by atoms with E-state index in [1.807, 2.05) is 0 Å². The first kappa shape index (κ1) is 23.3. The van der Waals surface area contributed by atoms with Crippen LogP contribution in [0.25, 0.3) is 0 Å². The molecule has 0 fully saturated rings. The molecule has 0 atom stereocenters. The fourth-order valence-corrected chi connectivity index (χ4v) is 0. The zero-order chi connectivity index (χ0) is 4.50. The summed E-state index contributed by atoms with van der Waals surface area (Å²) in [6.07, 6.45) is 0. The maximum atomic E-state index is 8.88. The van der Waals surface area contributed by atoms with E-state index in [-0.39, 0.29) is 33.3 Å². The smallest absolute Gasteiger partial charge is 1.00 e. The number of rotatable bonds is 0. The van der Waals surface area contributed by atoms with Crippen LogP contribution in [0.5, 0.6) is 0 Å². The second-order valence-corrected chi connectivity index (χ2v) is 1.54. The molecule has 0 aromatic carbocycles. The van der Waals surface area contributed by atoms with E-state index in [1.54, 1.807) is 0 Å². The Hall–Kier alpha value is 0.769. The summed E-state index contributed by atoms with van der Waals surface area (Å²) in [5.41, 5.74) is 0. The van der Waals surface area contributed by atoms with Crippen LogP contribution in [-0.4, -0.2) is 38.6 Å². The summed E-state index contributed by atoms with van der Waals surface area (Å²) >= 11 is 0. The fraction of sp³-hybridized carbons (Fsp3) is 0. The van der Waals surface area contributed by atoms with Gasteiger partial charge in [0, 0.05) is 0 Å². The number of phosphoric acid groups is 1. The second kappa shape index (κ2) is 7.77. The fourth-order valence-electron chi connectivity index (χ4n) is 0. The normalized spacial score (nSPS) is 7.38. The third-order valence-corrected chi connectivity index (χ3v) is 0. The number of hydrogen-bond donors (Lipinski definition) is 3. The molecule has 0 saturated carbocycles. The summed E-state index contributed by atoms with van der Waals surface area (Å²) in [4.78, 5) is 21.6. The molecule has 0 aromatic rings. The summed E-state index contributed by atoms with van der Waals surface area (Å²) in [5, 5.41) is 0. The molecule has 0 bridgehead atoms. The van der Waals surface area contributed by atoms with E-state index in [9.17, 15) is 0 Å². The molecule has 2 radical (unpaired) electrons. The maximum Gasteiger partial charge on any atom is 2.00 e. The SMILES string of the molecule is O=P(O)(O)O.[F-].[F-].[Sn+2]. The van der Waals surface area contributed by atoms with Gasteiger partial charge in [0.1, 0.15) is 0 Å². The molecule has 0 unspecified atom stereocenters. The first-order chi connectivity index (χ1) is 2.00. The zero-order valence-corrected chi connectivity index (χ0v) is 7.20. The molecule has 8 heavy (non-hydrogen) atoms. The van der Waals surface area contributed by atoms with Crippen molar-refractivity contribution in [1.82, 2.24) is 0 Å². The zero-order valence-electron chi connectivity index (χ0n) is 3.45. The second-order valence-electron chi connectivity index (χ2n) is 0.513. The third-order valence-electron chi connectivity index (χ3n) is 0. The van der Waals surface area contributed by atoms with Gasteiger partial charge in [-0.1, -0.05) is 0 Å². The van der Waals surface area contributed by atoms with E-state index in [1.165, 1.54) is 0 Å². The minimum atomic E-state index is -4.64. The van der Waals surface area contributed by atoms with E-state index in [0.717, 1.165) is 0 Å². The van der Waals surface area contributed by atoms with E-state index >= 15 is 0 Å². The molecule has 0 aliphatic rings. The van der Waals surface area contributed by atoms with E-state index in [2.05, 4.69) is 0 Å². The van der Waals surface area contributed by atoms with Crippen LogP contribution in [0.15, 0.2) is 0 Å². The van der Waals surface area contributed by atoms with E-state index in [4.69, 9.17) is 19.2 Å². The Morgan fingerprint density at radius 3 is 1.00 bits per heavy atom. The quantitative estimate of drug-likeness (QED) is 0.297. The Bertz CT molecular complexity index is 60.2. The van der Waals surface area contributed by atoms with E-state index in [0.29, 0.717) is 0 Å². The average molecular weight is 255 g/mol. The molecule has 0 aromatic heterocycles. The molecular weight excluding hydrogens is 252 g/mol. The van der Waals surface area contributed by atoms with Crippen molar-refractivity contribution in [1.29, 1.82) is 0 Å². The van der Waals surface area contributed by atoms with Crippen LogP contribution in [0.3, 0.4) is 0 Å². The first-order valence-electron chi connectivity index (χ1n) is 0.783. The molecule has 0 amide bonds.